The zero-order valence-electron chi connectivity index (χ0n) is 9.59. The third-order valence-electron chi connectivity index (χ3n) is 2.46. The molecule has 14 heavy (non-hydrogen) atoms. The first-order valence-corrected chi connectivity index (χ1v) is 5.38. The van der Waals surface area contributed by atoms with Crippen molar-refractivity contribution >= 4 is 0 Å². The van der Waals surface area contributed by atoms with Gasteiger partial charge >= 0.3 is 0 Å². The number of nitrogens with zero attached hydrogens (tertiary/aromatic N) is 1. The van der Waals surface area contributed by atoms with Gasteiger partial charge in [-0.3, -0.25) is 5.10 Å². The van der Waals surface area contributed by atoms with E-state index in [9.17, 15) is 0 Å². The number of aromatic nitrogens is 2. The highest BCUT2D eigenvalue weighted by molar-refractivity contribution is 5.07. The Morgan fingerprint density at radius 3 is 2.64 bits per heavy atom. The van der Waals surface area contributed by atoms with E-state index < -0.39 is 0 Å². The van der Waals surface area contributed by atoms with Crippen LogP contribution in [0.3, 0.4) is 0 Å². The van der Waals surface area contributed by atoms with Crippen LogP contribution in [0, 0.1) is 6.92 Å². The lowest BCUT2D eigenvalue weighted by Gasteiger charge is -2.17. The molecule has 2 N–H and O–H groups in total. The van der Waals surface area contributed by atoms with Gasteiger partial charge in [-0.25, -0.2) is 0 Å². The Morgan fingerprint density at radius 1 is 1.43 bits per heavy atom. The quantitative estimate of drug-likeness (QED) is 0.755. The summed E-state index contributed by atoms with van der Waals surface area (Å²) in [5.74, 6) is 0. The lowest BCUT2D eigenvalue weighted by atomic mass is 10.1. The summed E-state index contributed by atoms with van der Waals surface area (Å²) in [6.07, 6.45) is 2.17. The van der Waals surface area contributed by atoms with Gasteiger partial charge in [-0.1, -0.05) is 6.92 Å². The lowest BCUT2D eigenvalue weighted by molar-refractivity contribution is 0.453. The van der Waals surface area contributed by atoms with E-state index >= 15 is 0 Å². The molecule has 2 unspecified atom stereocenters. The van der Waals surface area contributed by atoms with Crippen molar-refractivity contribution < 1.29 is 0 Å². The minimum Gasteiger partial charge on any atom is -0.311 e. The van der Waals surface area contributed by atoms with Crippen molar-refractivity contribution in [3.63, 3.8) is 0 Å². The summed E-state index contributed by atoms with van der Waals surface area (Å²) in [7, 11) is 0. The molecule has 0 saturated heterocycles. The van der Waals surface area contributed by atoms with Gasteiger partial charge in [-0.15, -0.1) is 0 Å². The Labute approximate surface area is 86.3 Å². The van der Waals surface area contributed by atoms with E-state index in [0.29, 0.717) is 12.1 Å². The highest BCUT2D eigenvalue weighted by Gasteiger charge is 2.08. The number of aromatic amines is 1. The second kappa shape index (κ2) is 5.15. The number of H-pyrrole nitrogens is 1. The van der Waals surface area contributed by atoms with E-state index in [2.05, 4.69) is 42.4 Å². The van der Waals surface area contributed by atoms with Crippen LogP contribution in [-0.4, -0.2) is 22.3 Å². The maximum absolute atomic E-state index is 4.22. The number of hydrogen-bond donors (Lipinski definition) is 2. The average Bonchev–Trinajstić information content (AvgIpc) is 2.50. The maximum atomic E-state index is 4.22. The standard InChI is InChI=1S/C11H21N3/c1-5-8(2)12-9(3)6-11-7-10(4)13-14-11/h7-9,12H,5-6H2,1-4H3,(H,13,14). The molecule has 0 amide bonds. The zero-order chi connectivity index (χ0) is 10.6. The van der Waals surface area contributed by atoms with Crippen LogP contribution in [0.15, 0.2) is 6.07 Å². The Hall–Kier alpha value is -0.830. The molecule has 0 aromatic carbocycles. The molecule has 0 aliphatic rings. The fourth-order valence-electron chi connectivity index (χ4n) is 1.56. The Morgan fingerprint density at radius 2 is 2.14 bits per heavy atom. The van der Waals surface area contributed by atoms with Gasteiger partial charge in [0.05, 0.1) is 5.69 Å². The molecule has 0 spiro atoms. The summed E-state index contributed by atoms with van der Waals surface area (Å²) in [6.45, 7) is 8.65. The van der Waals surface area contributed by atoms with Gasteiger partial charge < -0.3 is 5.32 Å². The molecule has 1 heterocycles. The molecular formula is C11H21N3. The Kier molecular flexibility index (Phi) is 4.14. The van der Waals surface area contributed by atoms with E-state index in [4.69, 9.17) is 0 Å². The first-order chi connectivity index (χ1) is 6.61. The Balaban J connectivity index is 2.37. The van der Waals surface area contributed by atoms with Crippen molar-refractivity contribution in [1.82, 2.24) is 15.5 Å². The van der Waals surface area contributed by atoms with Crippen LogP contribution in [0.4, 0.5) is 0 Å². The van der Waals surface area contributed by atoms with Gasteiger partial charge in [0.1, 0.15) is 0 Å². The summed E-state index contributed by atoms with van der Waals surface area (Å²) < 4.78 is 0. The molecule has 2 atom stereocenters. The molecule has 1 aromatic heterocycles. The van der Waals surface area contributed by atoms with Crippen molar-refractivity contribution in [2.45, 2.75) is 52.6 Å². The third-order valence-corrected chi connectivity index (χ3v) is 2.46. The lowest BCUT2D eigenvalue weighted by Crippen LogP contribution is -2.35. The van der Waals surface area contributed by atoms with E-state index in [-0.39, 0.29) is 0 Å². The first-order valence-electron chi connectivity index (χ1n) is 5.38. The van der Waals surface area contributed by atoms with Crippen molar-refractivity contribution in [2.75, 3.05) is 0 Å². The topological polar surface area (TPSA) is 40.7 Å². The van der Waals surface area contributed by atoms with Crippen LogP contribution in [0.1, 0.15) is 38.6 Å². The first kappa shape index (κ1) is 11.2. The van der Waals surface area contributed by atoms with Crippen molar-refractivity contribution in [2.24, 2.45) is 0 Å². The van der Waals surface area contributed by atoms with Crippen LogP contribution in [0.25, 0.3) is 0 Å². The van der Waals surface area contributed by atoms with Gasteiger partial charge in [0.15, 0.2) is 0 Å². The van der Waals surface area contributed by atoms with Crippen molar-refractivity contribution in [3.05, 3.63) is 17.5 Å². The van der Waals surface area contributed by atoms with Gasteiger partial charge in [0, 0.05) is 24.2 Å². The SMILES string of the molecule is CCC(C)NC(C)Cc1cc(C)[nH]n1. The monoisotopic (exact) mass is 195 g/mol. The molecule has 0 radical (unpaired) electrons. The van der Waals surface area contributed by atoms with Crippen molar-refractivity contribution in [3.8, 4) is 0 Å². The smallest absolute Gasteiger partial charge is 0.0640 e. The molecule has 0 aliphatic heterocycles. The molecule has 0 saturated carbocycles. The molecule has 3 heteroatoms. The summed E-state index contributed by atoms with van der Waals surface area (Å²) >= 11 is 0. The van der Waals surface area contributed by atoms with Crippen LogP contribution in [0.5, 0.6) is 0 Å². The third kappa shape index (κ3) is 3.50. The maximum Gasteiger partial charge on any atom is 0.0640 e. The van der Waals surface area contributed by atoms with Crippen LogP contribution >= 0.6 is 0 Å². The largest absolute Gasteiger partial charge is 0.311 e. The highest BCUT2D eigenvalue weighted by atomic mass is 15.1. The normalized spacial score (nSPS) is 15.4. The Bertz CT molecular complexity index is 267. The number of nitrogens with one attached hydrogen (secondary N) is 2. The van der Waals surface area contributed by atoms with Gasteiger partial charge in [0.25, 0.3) is 0 Å². The second-order valence-electron chi connectivity index (χ2n) is 4.12. The van der Waals surface area contributed by atoms with E-state index in [1.807, 2.05) is 6.92 Å². The van der Waals surface area contributed by atoms with Gasteiger partial charge in [0.2, 0.25) is 0 Å². The van der Waals surface area contributed by atoms with E-state index in [0.717, 1.165) is 17.8 Å². The van der Waals surface area contributed by atoms with E-state index in [1.165, 1.54) is 6.42 Å². The number of hydrogen-bond acceptors (Lipinski definition) is 2. The summed E-state index contributed by atoms with van der Waals surface area (Å²) in [6, 6.07) is 3.19. The van der Waals surface area contributed by atoms with Gasteiger partial charge in [-0.2, -0.15) is 5.10 Å². The molecule has 1 rings (SSSR count). The van der Waals surface area contributed by atoms with Crippen LogP contribution < -0.4 is 5.32 Å². The molecule has 3 nitrogen and oxygen atoms in total. The summed E-state index contributed by atoms with van der Waals surface area (Å²) in [4.78, 5) is 0. The van der Waals surface area contributed by atoms with Gasteiger partial charge in [-0.05, 0) is 33.3 Å². The fourth-order valence-corrected chi connectivity index (χ4v) is 1.56. The predicted molar refractivity (Wildman–Crippen MR) is 59.4 cm³/mol. The van der Waals surface area contributed by atoms with Crippen LogP contribution in [-0.2, 0) is 6.42 Å². The number of rotatable bonds is 5. The fraction of sp³-hybridized carbons (Fsp3) is 0.727. The summed E-state index contributed by atoms with van der Waals surface area (Å²) in [5.41, 5.74) is 2.28. The van der Waals surface area contributed by atoms with Crippen molar-refractivity contribution in [1.29, 1.82) is 0 Å². The molecule has 0 aliphatic carbocycles. The predicted octanol–water partition coefficient (Wildman–Crippen LogP) is 2.04. The molecule has 0 fully saturated rings. The summed E-state index contributed by atoms with van der Waals surface area (Å²) in [5, 5.41) is 10.7. The molecule has 0 bridgehead atoms. The molecule has 1 aromatic rings. The zero-order valence-corrected chi connectivity index (χ0v) is 9.59. The number of aryl methyl sites for hydroxylation is 1. The van der Waals surface area contributed by atoms with E-state index in [1.54, 1.807) is 0 Å². The second-order valence-corrected chi connectivity index (χ2v) is 4.12. The molecule has 80 valence electrons. The minimum atomic E-state index is 0.493. The average molecular weight is 195 g/mol. The molecular weight excluding hydrogens is 174 g/mol. The van der Waals surface area contributed by atoms with Crippen LogP contribution in [0.2, 0.25) is 0 Å². The highest BCUT2D eigenvalue weighted by Crippen LogP contribution is 2.03. The minimum absolute atomic E-state index is 0.493.